The van der Waals surface area contributed by atoms with Gasteiger partial charge in [0.2, 0.25) is 0 Å². The molecule has 4 aromatic rings. The highest BCUT2D eigenvalue weighted by Crippen LogP contribution is 2.31. The third-order valence-electron chi connectivity index (χ3n) is 6.34. The normalized spacial score (nSPS) is 13.7. The van der Waals surface area contributed by atoms with Crippen LogP contribution in [0.4, 0.5) is 5.69 Å². The molecule has 0 saturated carbocycles. The Bertz CT molecular complexity index is 1360. The topological polar surface area (TPSA) is 65.2 Å². The number of carbonyl (C=O) groups excluding carboxylic acids is 1. The molecule has 5 rings (SSSR count). The zero-order chi connectivity index (χ0) is 24.2. The molecule has 1 aliphatic heterocycles. The molecule has 1 saturated heterocycles. The number of nitriles is 1. The summed E-state index contributed by atoms with van der Waals surface area (Å²) in [5.41, 5.74) is 4.06. The maximum atomic E-state index is 13.0. The zero-order valence-corrected chi connectivity index (χ0v) is 21.3. The van der Waals surface area contributed by atoms with Crippen molar-refractivity contribution < 1.29 is 4.79 Å². The summed E-state index contributed by atoms with van der Waals surface area (Å²) >= 11 is 3.50. The minimum atomic E-state index is 0.159. The Morgan fingerprint density at radius 3 is 2.69 bits per heavy atom. The number of anilines is 1. The van der Waals surface area contributed by atoms with E-state index in [1.807, 2.05) is 53.5 Å². The number of rotatable bonds is 7. The van der Waals surface area contributed by atoms with Crippen LogP contribution in [0.1, 0.15) is 33.4 Å². The first-order chi connectivity index (χ1) is 17.1. The Balaban J connectivity index is 1.33. The van der Waals surface area contributed by atoms with Gasteiger partial charge in [-0.3, -0.25) is 4.79 Å². The fourth-order valence-corrected chi connectivity index (χ4v) is 6.25. The van der Waals surface area contributed by atoms with Gasteiger partial charge in [0.15, 0.2) is 0 Å². The molecule has 0 atom stereocenters. The first kappa shape index (κ1) is 23.5. The minimum absolute atomic E-state index is 0.159. The Kier molecular flexibility index (Phi) is 7.07. The maximum absolute atomic E-state index is 13.0. The van der Waals surface area contributed by atoms with Crippen LogP contribution in [0.15, 0.2) is 61.1 Å². The van der Waals surface area contributed by atoms with Gasteiger partial charge in [0.1, 0.15) is 0 Å². The van der Waals surface area contributed by atoms with E-state index < -0.39 is 0 Å². The molecule has 0 spiro atoms. The molecule has 0 radical (unpaired) electrons. The van der Waals surface area contributed by atoms with Crippen LogP contribution < -0.4 is 4.90 Å². The molecule has 0 aliphatic carbocycles. The molecule has 2 aromatic carbocycles. The Morgan fingerprint density at radius 1 is 1.14 bits per heavy atom. The van der Waals surface area contributed by atoms with Gasteiger partial charge in [0, 0.05) is 54.3 Å². The molecule has 1 aliphatic rings. The Hall–Kier alpha value is -3.28. The highest BCUT2D eigenvalue weighted by Gasteiger charge is 2.20. The molecule has 0 unspecified atom stereocenters. The van der Waals surface area contributed by atoms with Crippen molar-refractivity contribution >= 4 is 44.8 Å². The van der Waals surface area contributed by atoms with Crippen LogP contribution in [-0.4, -0.2) is 51.5 Å². The van der Waals surface area contributed by atoms with E-state index in [2.05, 4.69) is 51.7 Å². The second kappa shape index (κ2) is 10.5. The lowest BCUT2D eigenvalue weighted by molar-refractivity contribution is 0.0777. The lowest BCUT2D eigenvalue weighted by Gasteiger charge is -2.25. The molecule has 3 heterocycles. The van der Waals surface area contributed by atoms with Crippen molar-refractivity contribution in [2.75, 3.05) is 36.0 Å². The molecule has 35 heavy (non-hydrogen) atoms. The number of hydrogen-bond acceptors (Lipinski definition) is 6. The minimum Gasteiger partial charge on any atom is -0.366 e. The second-order valence-corrected chi connectivity index (χ2v) is 10.9. The molecular weight excluding hydrogens is 474 g/mol. The summed E-state index contributed by atoms with van der Waals surface area (Å²) in [7, 11) is 0. The lowest BCUT2D eigenvalue weighted by atomic mass is 10.1. The Labute approximate surface area is 213 Å². The fraction of sp³-hybridized carbons (Fsp3) is 0.296. The van der Waals surface area contributed by atoms with Gasteiger partial charge in [0.05, 0.1) is 35.1 Å². The van der Waals surface area contributed by atoms with Crippen molar-refractivity contribution in [1.29, 1.82) is 5.26 Å². The summed E-state index contributed by atoms with van der Waals surface area (Å²) in [6.45, 7) is 6.13. The summed E-state index contributed by atoms with van der Waals surface area (Å²) in [4.78, 5) is 22.5. The molecule has 2 aromatic heterocycles. The molecule has 178 valence electrons. The Morgan fingerprint density at radius 2 is 1.94 bits per heavy atom. The van der Waals surface area contributed by atoms with Crippen LogP contribution in [-0.2, 0) is 13.1 Å². The van der Waals surface area contributed by atoms with Crippen LogP contribution in [0.5, 0.6) is 0 Å². The predicted octanol–water partition coefficient (Wildman–Crippen LogP) is 5.23. The standard InChI is InChI=1S/C27H27N5OS2/c1-2-30(18-24-16-29-19-32(24)17-21-5-3-20(15-28)4-6-21)23-7-8-25-22(13-23)14-26(35-25)27(33)31-9-11-34-12-10-31/h3-8,13-14,16,19H,2,9-12,17-18H2,1H3. The predicted molar refractivity (Wildman–Crippen MR) is 144 cm³/mol. The molecule has 1 fully saturated rings. The molecule has 6 nitrogen and oxygen atoms in total. The van der Waals surface area contributed by atoms with Gasteiger partial charge in [-0.1, -0.05) is 12.1 Å². The van der Waals surface area contributed by atoms with Crippen molar-refractivity contribution in [1.82, 2.24) is 14.5 Å². The van der Waals surface area contributed by atoms with Crippen molar-refractivity contribution in [2.24, 2.45) is 0 Å². The van der Waals surface area contributed by atoms with E-state index in [0.29, 0.717) is 12.1 Å². The monoisotopic (exact) mass is 501 g/mol. The number of thioether (sulfide) groups is 1. The summed E-state index contributed by atoms with van der Waals surface area (Å²) in [6, 6.07) is 18.4. The van der Waals surface area contributed by atoms with Gasteiger partial charge in [-0.2, -0.15) is 17.0 Å². The van der Waals surface area contributed by atoms with E-state index >= 15 is 0 Å². The van der Waals surface area contributed by atoms with E-state index in [4.69, 9.17) is 5.26 Å². The number of fused-ring (bicyclic) bond motifs is 1. The SMILES string of the molecule is CCN(Cc1cncn1Cc1ccc(C#N)cc1)c1ccc2sc(C(=O)N3CCSCC3)cc2c1. The number of hydrogen-bond donors (Lipinski definition) is 0. The largest absolute Gasteiger partial charge is 0.366 e. The summed E-state index contributed by atoms with van der Waals surface area (Å²) in [6.07, 6.45) is 3.78. The number of nitrogens with zero attached hydrogens (tertiary/aromatic N) is 5. The van der Waals surface area contributed by atoms with Gasteiger partial charge in [0.25, 0.3) is 5.91 Å². The number of amides is 1. The number of aromatic nitrogens is 2. The van der Waals surface area contributed by atoms with Gasteiger partial charge in [-0.15, -0.1) is 11.3 Å². The lowest BCUT2D eigenvalue weighted by Crippen LogP contribution is -2.37. The zero-order valence-electron chi connectivity index (χ0n) is 19.7. The van der Waals surface area contributed by atoms with Crippen LogP contribution in [0.25, 0.3) is 10.1 Å². The summed E-state index contributed by atoms with van der Waals surface area (Å²) < 4.78 is 3.30. The van der Waals surface area contributed by atoms with Gasteiger partial charge in [-0.25, -0.2) is 4.98 Å². The second-order valence-electron chi connectivity index (χ2n) is 8.57. The number of carbonyl (C=O) groups is 1. The van der Waals surface area contributed by atoms with Crippen LogP contribution in [0, 0.1) is 11.3 Å². The average Bonchev–Trinajstić information content (AvgIpc) is 3.54. The van der Waals surface area contributed by atoms with Gasteiger partial charge in [-0.05, 0) is 54.3 Å². The molecule has 1 amide bonds. The molecule has 0 N–H and O–H groups in total. The van der Waals surface area contributed by atoms with Crippen LogP contribution >= 0.6 is 23.1 Å². The number of imidazole rings is 1. The van der Waals surface area contributed by atoms with Gasteiger partial charge < -0.3 is 14.4 Å². The van der Waals surface area contributed by atoms with E-state index in [1.54, 1.807) is 11.3 Å². The van der Waals surface area contributed by atoms with E-state index in [1.165, 1.54) is 0 Å². The van der Waals surface area contributed by atoms with E-state index in [9.17, 15) is 4.79 Å². The van der Waals surface area contributed by atoms with Crippen molar-refractivity contribution in [3.8, 4) is 6.07 Å². The third kappa shape index (κ3) is 5.21. The third-order valence-corrected chi connectivity index (χ3v) is 8.39. The van der Waals surface area contributed by atoms with Crippen LogP contribution in [0.3, 0.4) is 0 Å². The van der Waals surface area contributed by atoms with Crippen molar-refractivity contribution in [3.05, 3.63) is 82.8 Å². The highest BCUT2D eigenvalue weighted by atomic mass is 32.2. The molecule has 8 heteroatoms. The van der Waals surface area contributed by atoms with Crippen LogP contribution in [0.2, 0.25) is 0 Å². The van der Waals surface area contributed by atoms with Crippen molar-refractivity contribution in [2.45, 2.75) is 20.0 Å². The quantitative estimate of drug-likeness (QED) is 0.347. The smallest absolute Gasteiger partial charge is 0.264 e. The average molecular weight is 502 g/mol. The highest BCUT2D eigenvalue weighted by molar-refractivity contribution is 7.99. The first-order valence-corrected chi connectivity index (χ1v) is 13.8. The first-order valence-electron chi connectivity index (χ1n) is 11.8. The van der Waals surface area contributed by atoms with E-state index in [0.717, 1.165) is 69.6 Å². The fourth-order valence-electron chi connectivity index (χ4n) is 4.34. The molecular formula is C27H27N5OS2. The van der Waals surface area contributed by atoms with E-state index in [-0.39, 0.29) is 5.91 Å². The maximum Gasteiger partial charge on any atom is 0.264 e. The number of benzene rings is 2. The van der Waals surface area contributed by atoms with Crippen molar-refractivity contribution in [3.63, 3.8) is 0 Å². The molecule has 0 bridgehead atoms. The number of thiophene rings is 1. The summed E-state index contributed by atoms with van der Waals surface area (Å²) in [5.74, 6) is 2.20. The van der Waals surface area contributed by atoms with Gasteiger partial charge >= 0.3 is 0 Å². The summed E-state index contributed by atoms with van der Waals surface area (Å²) in [5, 5.41) is 10.1.